The van der Waals surface area contributed by atoms with Gasteiger partial charge >= 0.3 is 5.97 Å². The summed E-state index contributed by atoms with van der Waals surface area (Å²) in [5.74, 6) is 0.806. The molecule has 1 rings (SSSR count). The summed E-state index contributed by atoms with van der Waals surface area (Å²) in [6, 6.07) is 5.33. The zero-order valence-corrected chi connectivity index (χ0v) is 12.3. The van der Waals surface area contributed by atoms with Crippen LogP contribution < -0.4 is 10.1 Å². The highest BCUT2D eigenvalue weighted by atomic mass is 35.5. The van der Waals surface area contributed by atoms with E-state index >= 15 is 0 Å². The fraction of sp³-hybridized carbons (Fsp3) is 0.500. The third-order valence-electron chi connectivity index (χ3n) is 2.46. The van der Waals surface area contributed by atoms with Crippen molar-refractivity contribution < 1.29 is 14.3 Å². The van der Waals surface area contributed by atoms with Crippen molar-refractivity contribution >= 4 is 17.6 Å². The number of hydrogen-bond donors (Lipinski definition) is 1. The van der Waals surface area contributed by atoms with Crippen molar-refractivity contribution in [2.45, 2.75) is 20.4 Å². The van der Waals surface area contributed by atoms with Crippen molar-refractivity contribution in [1.82, 2.24) is 5.32 Å². The predicted molar refractivity (Wildman–Crippen MR) is 75.5 cm³/mol. The molecule has 1 N–H and O–H groups in total. The van der Waals surface area contributed by atoms with Gasteiger partial charge in [0.2, 0.25) is 0 Å². The third-order valence-corrected chi connectivity index (χ3v) is 2.70. The van der Waals surface area contributed by atoms with E-state index in [4.69, 9.17) is 16.3 Å². The van der Waals surface area contributed by atoms with Gasteiger partial charge in [0.05, 0.1) is 7.11 Å². The van der Waals surface area contributed by atoms with Crippen molar-refractivity contribution in [3.8, 4) is 5.75 Å². The lowest BCUT2D eigenvalue weighted by Gasteiger charge is -2.13. The standard InChI is InChI=1S/C14H20ClNO3/c1-10(2)7-16-8-11-6-12(15)4-5-13(11)19-9-14(17)18-3/h4-6,10,16H,7-9H2,1-3H3. The number of hydrogen-bond acceptors (Lipinski definition) is 4. The Morgan fingerprint density at radius 2 is 2.16 bits per heavy atom. The first-order chi connectivity index (χ1) is 9.02. The minimum Gasteiger partial charge on any atom is -0.482 e. The van der Waals surface area contributed by atoms with Crippen LogP contribution in [0.4, 0.5) is 0 Å². The molecule has 0 unspecified atom stereocenters. The maximum Gasteiger partial charge on any atom is 0.343 e. The zero-order valence-electron chi connectivity index (χ0n) is 11.5. The lowest BCUT2D eigenvalue weighted by atomic mass is 10.2. The van der Waals surface area contributed by atoms with Crippen LogP contribution in [0.5, 0.6) is 5.75 Å². The molecule has 0 spiro atoms. The van der Waals surface area contributed by atoms with Crippen molar-refractivity contribution in [1.29, 1.82) is 0 Å². The van der Waals surface area contributed by atoms with Gasteiger partial charge < -0.3 is 14.8 Å². The van der Waals surface area contributed by atoms with Crippen molar-refractivity contribution in [2.75, 3.05) is 20.3 Å². The highest BCUT2D eigenvalue weighted by Gasteiger charge is 2.08. The smallest absolute Gasteiger partial charge is 0.343 e. The van der Waals surface area contributed by atoms with Gasteiger partial charge in [-0.3, -0.25) is 0 Å². The number of carbonyl (C=O) groups is 1. The average Bonchev–Trinajstić information content (AvgIpc) is 2.37. The highest BCUT2D eigenvalue weighted by molar-refractivity contribution is 6.30. The van der Waals surface area contributed by atoms with Gasteiger partial charge in [-0.15, -0.1) is 0 Å². The van der Waals surface area contributed by atoms with Crippen LogP contribution in [-0.2, 0) is 16.1 Å². The summed E-state index contributed by atoms with van der Waals surface area (Å²) in [6.45, 7) is 5.73. The van der Waals surface area contributed by atoms with Crippen LogP contribution in [-0.4, -0.2) is 26.2 Å². The summed E-state index contributed by atoms with van der Waals surface area (Å²) >= 11 is 5.97. The molecule has 0 heterocycles. The molecule has 0 aliphatic carbocycles. The second-order valence-electron chi connectivity index (χ2n) is 4.64. The molecule has 1 aromatic carbocycles. The van der Waals surface area contributed by atoms with Gasteiger partial charge in [-0.2, -0.15) is 0 Å². The van der Waals surface area contributed by atoms with Gasteiger partial charge in [0.25, 0.3) is 0 Å². The van der Waals surface area contributed by atoms with Gasteiger partial charge in [-0.25, -0.2) is 4.79 Å². The van der Waals surface area contributed by atoms with Crippen LogP contribution in [0.15, 0.2) is 18.2 Å². The van der Waals surface area contributed by atoms with Crippen LogP contribution in [0.25, 0.3) is 0 Å². The summed E-state index contributed by atoms with van der Waals surface area (Å²) in [5.41, 5.74) is 0.928. The number of ether oxygens (including phenoxy) is 2. The van der Waals surface area contributed by atoms with E-state index in [-0.39, 0.29) is 6.61 Å². The fourth-order valence-electron chi connectivity index (χ4n) is 1.52. The Hall–Kier alpha value is -1.26. The maximum absolute atomic E-state index is 11.1. The molecule has 1 aromatic rings. The molecule has 0 saturated heterocycles. The Morgan fingerprint density at radius 1 is 1.42 bits per heavy atom. The van der Waals surface area contributed by atoms with E-state index in [1.165, 1.54) is 7.11 Å². The van der Waals surface area contributed by atoms with Gasteiger partial charge in [-0.05, 0) is 30.7 Å². The van der Waals surface area contributed by atoms with E-state index in [9.17, 15) is 4.79 Å². The first kappa shape index (κ1) is 15.8. The highest BCUT2D eigenvalue weighted by Crippen LogP contribution is 2.23. The molecular formula is C14H20ClNO3. The molecular weight excluding hydrogens is 266 g/mol. The molecule has 106 valence electrons. The predicted octanol–water partition coefficient (Wildman–Crippen LogP) is 2.64. The monoisotopic (exact) mass is 285 g/mol. The largest absolute Gasteiger partial charge is 0.482 e. The summed E-state index contributed by atoms with van der Waals surface area (Å²) < 4.78 is 9.97. The normalized spacial score (nSPS) is 10.6. The third kappa shape index (κ3) is 5.94. The number of esters is 1. The molecule has 0 aliphatic heterocycles. The van der Waals surface area contributed by atoms with Crippen molar-refractivity contribution in [3.63, 3.8) is 0 Å². The lowest BCUT2D eigenvalue weighted by Crippen LogP contribution is -2.20. The van der Waals surface area contributed by atoms with E-state index in [1.807, 2.05) is 6.07 Å². The van der Waals surface area contributed by atoms with E-state index < -0.39 is 5.97 Å². The zero-order chi connectivity index (χ0) is 14.3. The summed E-state index contributed by atoms with van der Waals surface area (Å²) in [5, 5.41) is 3.96. The van der Waals surface area contributed by atoms with Gasteiger partial charge in [-0.1, -0.05) is 25.4 Å². The Bertz CT molecular complexity index is 421. The minimum absolute atomic E-state index is 0.102. The Labute approximate surface area is 119 Å². The van der Waals surface area contributed by atoms with E-state index in [0.717, 1.165) is 12.1 Å². The SMILES string of the molecule is COC(=O)COc1ccc(Cl)cc1CNCC(C)C. The summed E-state index contributed by atoms with van der Waals surface area (Å²) in [4.78, 5) is 11.1. The molecule has 19 heavy (non-hydrogen) atoms. The molecule has 5 heteroatoms. The van der Waals surface area contributed by atoms with Crippen LogP contribution in [0, 0.1) is 5.92 Å². The number of methoxy groups -OCH3 is 1. The van der Waals surface area contributed by atoms with E-state index in [1.54, 1.807) is 12.1 Å². The van der Waals surface area contributed by atoms with Gasteiger partial charge in [0.15, 0.2) is 6.61 Å². The fourth-order valence-corrected chi connectivity index (χ4v) is 1.71. The number of nitrogens with one attached hydrogen (secondary N) is 1. The molecule has 0 radical (unpaired) electrons. The van der Waals surface area contributed by atoms with Crippen LogP contribution in [0.3, 0.4) is 0 Å². The number of halogens is 1. The Balaban J connectivity index is 2.65. The second-order valence-corrected chi connectivity index (χ2v) is 5.08. The first-order valence-electron chi connectivity index (χ1n) is 6.21. The minimum atomic E-state index is -0.406. The van der Waals surface area contributed by atoms with Crippen molar-refractivity contribution in [3.05, 3.63) is 28.8 Å². The molecule has 0 fully saturated rings. The summed E-state index contributed by atoms with van der Waals surface area (Å²) in [7, 11) is 1.33. The molecule has 0 amide bonds. The topological polar surface area (TPSA) is 47.6 Å². The quantitative estimate of drug-likeness (QED) is 0.783. The second kappa shape index (κ2) is 8.02. The van der Waals surface area contributed by atoms with E-state index in [2.05, 4.69) is 23.9 Å². The maximum atomic E-state index is 11.1. The molecule has 4 nitrogen and oxygen atoms in total. The molecule has 0 aromatic heterocycles. The molecule has 0 atom stereocenters. The van der Waals surface area contributed by atoms with Crippen LogP contribution in [0.1, 0.15) is 19.4 Å². The Kier molecular flexibility index (Phi) is 6.67. The van der Waals surface area contributed by atoms with Crippen LogP contribution >= 0.6 is 11.6 Å². The summed E-state index contributed by atoms with van der Waals surface area (Å²) in [6.07, 6.45) is 0. The first-order valence-corrected chi connectivity index (χ1v) is 6.59. The van der Waals surface area contributed by atoms with Gasteiger partial charge in [0, 0.05) is 17.1 Å². The Morgan fingerprint density at radius 3 is 2.79 bits per heavy atom. The number of benzene rings is 1. The van der Waals surface area contributed by atoms with E-state index in [0.29, 0.717) is 23.2 Å². The van der Waals surface area contributed by atoms with Crippen LogP contribution in [0.2, 0.25) is 5.02 Å². The number of carbonyl (C=O) groups excluding carboxylic acids is 1. The molecule has 0 saturated carbocycles. The molecule has 0 bridgehead atoms. The lowest BCUT2D eigenvalue weighted by molar-refractivity contribution is -0.142. The number of rotatable bonds is 7. The van der Waals surface area contributed by atoms with Crippen molar-refractivity contribution in [2.24, 2.45) is 5.92 Å². The average molecular weight is 286 g/mol. The van der Waals surface area contributed by atoms with Gasteiger partial charge in [0.1, 0.15) is 5.75 Å². The molecule has 0 aliphatic rings.